The van der Waals surface area contributed by atoms with Gasteiger partial charge in [0.1, 0.15) is 23.7 Å². The van der Waals surface area contributed by atoms with Gasteiger partial charge in [-0.2, -0.15) is 0 Å². The van der Waals surface area contributed by atoms with Gasteiger partial charge in [0.15, 0.2) is 12.6 Å². The minimum atomic E-state index is -0.0109. The van der Waals surface area contributed by atoms with E-state index in [1.807, 2.05) is 48.7 Å². The molecule has 1 aromatic carbocycles. The molecular formula is C35H39N7O5. The molecule has 2 aliphatic heterocycles. The van der Waals surface area contributed by atoms with E-state index in [-0.39, 0.29) is 25.6 Å². The molecule has 47 heavy (non-hydrogen) atoms. The molecule has 1 saturated carbocycles. The van der Waals surface area contributed by atoms with Gasteiger partial charge in [-0.1, -0.05) is 18.2 Å². The number of pyridine rings is 2. The minimum absolute atomic E-state index is 0.0109. The van der Waals surface area contributed by atoms with Gasteiger partial charge in [0.2, 0.25) is 5.88 Å². The van der Waals surface area contributed by atoms with Crippen LogP contribution in [-0.4, -0.2) is 83.2 Å². The van der Waals surface area contributed by atoms with Gasteiger partial charge in [-0.25, -0.2) is 4.98 Å². The Morgan fingerprint density at radius 3 is 2.53 bits per heavy atom. The quantitative estimate of drug-likeness (QED) is 0.213. The molecule has 3 fully saturated rings. The van der Waals surface area contributed by atoms with Crippen molar-refractivity contribution in [1.29, 1.82) is 0 Å². The molecule has 3 aromatic heterocycles. The van der Waals surface area contributed by atoms with Gasteiger partial charge in [-0.05, 0) is 55.3 Å². The highest BCUT2D eigenvalue weighted by molar-refractivity contribution is 5.75. The lowest BCUT2D eigenvalue weighted by atomic mass is 9.92. The van der Waals surface area contributed by atoms with Crippen LogP contribution in [0.1, 0.15) is 31.4 Å². The molecule has 0 unspecified atom stereocenters. The zero-order valence-corrected chi connectivity index (χ0v) is 26.3. The van der Waals surface area contributed by atoms with Gasteiger partial charge in [0.25, 0.3) is 0 Å². The van der Waals surface area contributed by atoms with E-state index >= 15 is 0 Å². The Morgan fingerprint density at radius 1 is 0.957 bits per heavy atom. The van der Waals surface area contributed by atoms with Gasteiger partial charge in [0, 0.05) is 68.6 Å². The number of rotatable bonds is 12. The molecule has 3 aliphatic rings. The summed E-state index contributed by atoms with van der Waals surface area (Å²) in [4.78, 5) is 13.7. The maximum Gasteiger partial charge on any atom is 0.215 e. The van der Waals surface area contributed by atoms with E-state index in [2.05, 4.69) is 42.1 Å². The molecule has 2 saturated heterocycles. The standard InChI is InChI=1S/C35H39N7O5/c1-44-22-45-33-7-3-2-6-30(33)31-18-32(35(36)40-39-31)41-20-25-9-10-26(21-41)42(25)24-12-13-37-34(15-24)47-29-16-28(17-29)46-27-11-8-23(38-19-27)5-4-14-43/h2-8,11-13,15,18-19,25-26,28-29,43H,9-10,14,16-17,20-22H2,1H3,(H2,36,40)/b5-4+/t25-,26-,28?,29?/m1/s1. The second-order valence-corrected chi connectivity index (χ2v) is 12.1. The molecule has 3 N–H and O–H groups in total. The third-order valence-electron chi connectivity index (χ3n) is 8.93. The SMILES string of the molecule is COCOc1ccccc1-c1cc(N2C[C@H]3CC[C@H](C2)N3c2ccnc(OC3CC(Oc4ccc(/C=C/CO)nc4)C3)c2)c(N)nn1. The zero-order chi connectivity index (χ0) is 32.2. The molecule has 0 spiro atoms. The summed E-state index contributed by atoms with van der Waals surface area (Å²) in [7, 11) is 1.60. The number of methoxy groups -OCH3 is 1. The van der Waals surface area contributed by atoms with E-state index in [9.17, 15) is 0 Å². The Kier molecular flexibility index (Phi) is 9.02. The van der Waals surface area contributed by atoms with Crippen molar-refractivity contribution in [1.82, 2.24) is 20.2 Å². The van der Waals surface area contributed by atoms with Crippen LogP contribution < -0.4 is 29.7 Å². The van der Waals surface area contributed by atoms with E-state index < -0.39 is 0 Å². The van der Waals surface area contributed by atoms with Crippen LogP contribution in [0.3, 0.4) is 0 Å². The maximum absolute atomic E-state index is 8.93. The van der Waals surface area contributed by atoms with Crippen molar-refractivity contribution in [2.75, 3.05) is 49.1 Å². The van der Waals surface area contributed by atoms with Crippen molar-refractivity contribution in [3.05, 3.63) is 78.8 Å². The minimum Gasteiger partial charge on any atom is -0.489 e. The summed E-state index contributed by atoms with van der Waals surface area (Å²) >= 11 is 0. The largest absolute Gasteiger partial charge is 0.489 e. The summed E-state index contributed by atoms with van der Waals surface area (Å²) in [6.07, 6.45) is 10.9. The summed E-state index contributed by atoms with van der Waals surface area (Å²) in [5, 5.41) is 17.7. The highest BCUT2D eigenvalue weighted by atomic mass is 16.7. The van der Waals surface area contributed by atoms with Crippen molar-refractivity contribution in [3.8, 4) is 28.6 Å². The number of nitrogens with two attached hydrogens (primary N) is 1. The number of para-hydroxylation sites is 1. The number of ether oxygens (including phenoxy) is 4. The Morgan fingerprint density at radius 2 is 1.77 bits per heavy atom. The normalized spacial score (nSPS) is 21.9. The zero-order valence-electron chi connectivity index (χ0n) is 26.3. The second kappa shape index (κ2) is 13.8. The first-order valence-electron chi connectivity index (χ1n) is 16.0. The van der Waals surface area contributed by atoms with Gasteiger partial charge < -0.3 is 39.6 Å². The number of nitrogens with zero attached hydrogens (tertiary/aromatic N) is 6. The van der Waals surface area contributed by atoms with Crippen molar-refractivity contribution >= 4 is 23.3 Å². The fourth-order valence-corrected chi connectivity index (χ4v) is 6.65. The van der Waals surface area contributed by atoms with Crippen LogP contribution in [0.25, 0.3) is 17.3 Å². The van der Waals surface area contributed by atoms with Crippen LogP contribution in [0.4, 0.5) is 17.2 Å². The summed E-state index contributed by atoms with van der Waals surface area (Å²) < 4.78 is 23.2. The summed E-state index contributed by atoms with van der Waals surface area (Å²) in [5.41, 5.74) is 10.7. The molecule has 0 amide bonds. The first kappa shape index (κ1) is 30.7. The summed E-state index contributed by atoms with van der Waals surface area (Å²) in [5.74, 6) is 2.46. The van der Waals surface area contributed by atoms with Crippen molar-refractivity contribution in [2.45, 2.75) is 50.0 Å². The lowest BCUT2D eigenvalue weighted by Crippen LogP contribution is -2.54. The molecule has 12 heteroatoms. The number of anilines is 3. The Labute approximate surface area is 273 Å². The Hall–Kier alpha value is -4.94. The van der Waals surface area contributed by atoms with Gasteiger partial charge >= 0.3 is 0 Å². The third-order valence-corrected chi connectivity index (χ3v) is 8.93. The van der Waals surface area contributed by atoms with E-state index in [0.717, 1.165) is 67.2 Å². The molecular weight excluding hydrogens is 598 g/mol. The molecule has 244 valence electrons. The number of hydrogen-bond acceptors (Lipinski definition) is 12. The van der Waals surface area contributed by atoms with Crippen LogP contribution in [0.5, 0.6) is 17.4 Å². The van der Waals surface area contributed by atoms with E-state index in [0.29, 0.717) is 35.2 Å². The highest BCUT2D eigenvalue weighted by Gasteiger charge is 2.41. The summed E-state index contributed by atoms with van der Waals surface area (Å²) in [6, 6.07) is 18.3. The highest BCUT2D eigenvalue weighted by Crippen LogP contribution is 2.40. The van der Waals surface area contributed by atoms with E-state index in [1.165, 1.54) is 0 Å². The molecule has 0 radical (unpaired) electrons. The second-order valence-electron chi connectivity index (χ2n) is 12.1. The van der Waals surface area contributed by atoms with Crippen LogP contribution in [0.2, 0.25) is 0 Å². The van der Waals surface area contributed by atoms with Crippen molar-refractivity contribution in [2.24, 2.45) is 0 Å². The molecule has 1 aliphatic carbocycles. The molecule has 2 bridgehead atoms. The monoisotopic (exact) mass is 637 g/mol. The predicted octanol–water partition coefficient (Wildman–Crippen LogP) is 4.35. The first-order valence-corrected chi connectivity index (χ1v) is 16.0. The number of nitrogen functional groups attached to an aromatic ring is 1. The summed E-state index contributed by atoms with van der Waals surface area (Å²) in [6.45, 7) is 1.78. The molecule has 7 rings (SSSR count). The number of piperazine rings is 1. The first-order chi connectivity index (χ1) is 23.1. The average molecular weight is 638 g/mol. The number of aliphatic hydroxyl groups is 1. The molecule has 4 aromatic rings. The van der Waals surface area contributed by atoms with Crippen molar-refractivity contribution in [3.63, 3.8) is 0 Å². The fraction of sp³-hybridized carbons (Fsp3) is 0.371. The van der Waals surface area contributed by atoms with E-state index in [1.54, 1.807) is 25.5 Å². The number of fused-ring (bicyclic) bond motifs is 2. The Balaban J connectivity index is 0.978. The van der Waals surface area contributed by atoms with Crippen LogP contribution in [0.15, 0.2) is 73.1 Å². The fourth-order valence-electron chi connectivity index (χ4n) is 6.65. The topological polar surface area (TPSA) is 141 Å². The predicted molar refractivity (Wildman–Crippen MR) is 179 cm³/mol. The van der Waals surface area contributed by atoms with Gasteiger partial charge in [-0.15, -0.1) is 10.2 Å². The molecule has 12 nitrogen and oxygen atoms in total. The maximum atomic E-state index is 8.93. The van der Waals surface area contributed by atoms with Crippen LogP contribution in [-0.2, 0) is 4.74 Å². The Bertz CT molecular complexity index is 1680. The number of aromatic nitrogens is 4. The smallest absolute Gasteiger partial charge is 0.215 e. The third kappa shape index (κ3) is 6.79. The van der Waals surface area contributed by atoms with Gasteiger partial charge in [-0.3, -0.25) is 4.98 Å². The average Bonchev–Trinajstić information content (AvgIpc) is 3.35. The lowest BCUT2D eigenvalue weighted by Gasteiger charge is -2.43. The van der Waals surface area contributed by atoms with Crippen molar-refractivity contribution < 1.29 is 24.1 Å². The van der Waals surface area contributed by atoms with Crippen LogP contribution >= 0.6 is 0 Å². The van der Waals surface area contributed by atoms with Gasteiger partial charge in [0.05, 0.1) is 29.9 Å². The molecule has 5 heterocycles. The number of aliphatic hydroxyl groups excluding tert-OH is 1. The molecule has 2 atom stereocenters. The number of benzene rings is 1. The van der Waals surface area contributed by atoms with E-state index in [4.69, 9.17) is 29.8 Å². The number of hydrogen-bond donors (Lipinski definition) is 2. The van der Waals surface area contributed by atoms with Crippen LogP contribution in [0, 0.1) is 0 Å². The lowest BCUT2D eigenvalue weighted by molar-refractivity contribution is 0.00210.